The van der Waals surface area contributed by atoms with Gasteiger partial charge in [0.1, 0.15) is 11.0 Å². The Morgan fingerprint density at radius 2 is 2.04 bits per heavy atom. The quantitative estimate of drug-likeness (QED) is 0.869. The number of amides is 2. The minimum absolute atomic E-state index is 0.135. The molecule has 2 heterocycles. The van der Waals surface area contributed by atoms with Crippen molar-refractivity contribution in [2.24, 2.45) is 0 Å². The summed E-state index contributed by atoms with van der Waals surface area (Å²) >= 11 is 1.44. The topological polar surface area (TPSA) is 84.0 Å². The summed E-state index contributed by atoms with van der Waals surface area (Å²) in [4.78, 5) is 32.8. The molecule has 1 atom stereocenters. The minimum atomic E-state index is -0.592. The maximum absolute atomic E-state index is 12.1. The molecule has 2 N–H and O–H groups in total. The van der Waals surface area contributed by atoms with Gasteiger partial charge in [0.2, 0.25) is 11.8 Å². The molecular formula is C17H22N4O2S. The van der Waals surface area contributed by atoms with Gasteiger partial charge >= 0.3 is 0 Å². The highest BCUT2D eigenvalue weighted by atomic mass is 32.1. The van der Waals surface area contributed by atoms with Crippen molar-refractivity contribution in [1.82, 2.24) is 20.6 Å². The Kier molecular flexibility index (Phi) is 5.66. The summed E-state index contributed by atoms with van der Waals surface area (Å²) in [5.41, 5.74) is 1.12. The summed E-state index contributed by atoms with van der Waals surface area (Å²) < 4.78 is 0. The van der Waals surface area contributed by atoms with Crippen molar-refractivity contribution in [2.45, 2.75) is 45.7 Å². The Bertz CT molecular complexity index is 707. The second kappa shape index (κ2) is 7.53. The molecule has 2 rings (SSSR count). The Morgan fingerprint density at radius 1 is 1.29 bits per heavy atom. The molecule has 0 saturated carbocycles. The first-order valence-electron chi connectivity index (χ1n) is 7.72. The molecular weight excluding hydrogens is 324 g/mol. The average molecular weight is 346 g/mol. The molecule has 24 heavy (non-hydrogen) atoms. The highest BCUT2D eigenvalue weighted by molar-refractivity contribution is 7.13. The van der Waals surface area contributed by atoms with Crippen LogP contribution in [0.25, 0.3) is 10.7 Å². The standard InChI is InChI=1S/C17H22N4O2S/c1-11(15(23)21-17(2,3)4)19-14(22)9-12-10-24-16(20-12)13-7-5-6-8-18-13/h5-8,10-11H,9H2,1-4H3,(H,19,22)(H,21,23). The van der Waals surface area contributed by atoms with Gasteiger partial charge in [-0.05, 0) is 39.8 Å². The van der Waals surface area contributed by atoms with Crippen LogP contribution in [0.3, 0.4) is 0 Å². The molecule has 2 amide bonds. The molecule has 7 heteroatoms. The number of nitrogens with zero attached hydrogens (tertiary/aromatic N) is 2. The van der Waals surface area contributed by atoms with E-state index in [2.05, 4.69) is 20.6 Å². The lowest BCUT2D eigenvalue weighted by atomic mass is 10.1. The first kappa shape index (κ1) is 18.1. The molecule has 1 unspecified atom stereocenters. The lowest BCUT2D eigenvalue weighted by Crippen LogP contribution is -2.51. The molecule has 128 valence electrons. The van der Waals surface area contributed by atoms with Gasteiger partial charge in [-0.2, -0.15) is 0 Å². The van der Waals surface area contributed by atoms with Crippen molar-refractivity contribution in [3.8, 4) is 10.7 Å². The van der Waals surface area contributed by atoms with E-state index in [4.69, 9.17) is 0 Å². The molecule has 0 radical (unpaired) electrons. The van der Waals surface area contributed by atoms with Crippen molar-refractivity contribution in [3.05, 3.63) is 35.5 Å². The van der Waals surface area contributed by atoms with Crippen molar-refractivity contribution in [2.75, 3.05) is 0 Å². The third-order valence-corrected chi connectivity index (χ3v) is 3.96. The first-order valence-corrected chi connectivity index (χ1v) is 8.60. The summed E-state index contributed by atoms with van der Waals surface area (Å²) in [5, 5.41) is 8.15. The van der Waals surface area contributed by atoms with E-state index in [1.807, 2.05) is 44.4 Å². The van der Waals surface area contributed by atoms with Crippen LogP contribution < -0.4 is 10.6 Å². The van der Waals surface area contributed by atoms with Crippen molar-refractivity contribution < 1.29 is 9.59 Å². The number of thiazole rings is 1. The third-order valence-electron chi connectivity index (χ3n) is 3.05. The van der Waals surface area contributed by atoms with Crippen LogP contribution in [0.1, 0.15) is 33.4 Å². The minimum Gasteiger partial charge on any atom is -0.350 e. The van der Waals surface area contributed by atoms with Gasteiger partial charge < -0.3 is 10.6 Å². The van der Waals surface area contributed by atoms with Crippen LogP contribution in [0.15, 0.2) is 29.8 Å². The highest BCUT2D eigenvalue weighted by Gasteiger charge is 2.21. The molecule has 0 aliphatic heterocycles. The summed E-state index contributed by atoms with van der Waals surface area (Å²) in [6.07, 6.45) is 1.84. The van der Waals surface area contributed by atoms with E-state index in [9.17, 15) is 9.59 Å². The summed E-state index contributed by atoms with van der Waals surface area (Å²) in [5.74, 6) is -0.437. The zero-order valence-corrected chi connectivity index (χ0v) is 15.1. The van der Waals surface area contributed by atoms with E-state index in [1.54, 1.807) is 13.1 Å². The highest BCUT2D eigenvalue weighted by Crippen LogP contribution is 2.21. The van der Waals surface area contributed by atoms with E-state index >= 15 is 0 Å². The Hall–Kier alpha value is -2.28. The molecule has 0 aliphatic rings. The number of aromatic nitrogens is 2. The van der Waals surface area contributed by atoms with E-state index < -0.39 is 6.04 Å². The molecule has 0 aliphatic carbocycles. The second-order valence-corrected chi connectivity index (χ2v) is 7.42. The maximum atomic E-state index is 12.1. The van der Waals surface area contributed by atoms with Gasteiger partial charge in [0.25, 0.3) is 0 Å². The largest absolute Gasteiger partial charge is 0.350 e. The predicted molar refractivity (Wildman–Crippen MR) is 94.5 cm³/mol. The van der Waals surface area contributed by atoms with Crippen LogP contribution >= 0.6 is 11.3 Å². The number of carbonyl (C=O) groups is 2. The van der Waals surface area contributed by atoms with Gasteiger partial charge in [0.15, 0.2) is 0 Å². The lowest BCUT2D eigenvalue weighted by Gasteiger charge is -2.23. The molecule has 2 aromatic rings. The SMILES string of the molecule is CC(NC(=O)Cc1csc(-c2ccccn2)n1)C(=O)NC(C)(C)C. The second-order valence-electron chi connectivity index (χ2n) is 6.56. The van der Waals surface area contributed by atoms with Gasteiger partial charge in [0, 0.05) is 17.1 Å². The molecule has 0 fully saturated rings. The predicted octanol–water partition coefficient (Wildman–Crippen LogP) is 2.17. The Morgan fingerprint density at radius 3 is 2.67 bits per heavy atom. The Labute approximate surface area is 145 Å². The zero-order chi connectivity index (χ0) is 17.7. The number of pyridine rings is 1. The molecule has 0 aromatic carbocycles. The van der Waals surface area contributed by atoms with E-state index in [0.717, 1.165) is 10.7 Å². The maximum Gasteiger partial charge on any atom is 0.242 e. The van der Waals surface area contributed by atoms with Gasteiger partial charge in [0.05, 0.1) is 17.8 Å². The monoisotopic (exact) mass is 346 g/mol. The fourth-order valence-electron chi connectivity index (χ4n) is 2.00. The van der Waals surface area contributed by atoms with E-state index in [-0.39, 0.29) is 23.8 Å². The van der Waals surface area contributed by atoms with E-state index in [0.29, 0.717) is 5.69 Å². The number of carbonyl (C=O) groups excluding carboxylic acids is 2. The molecule has 2 aromatic heterocycles. The summed E-state index contributed by atoms with van der Waals surface area (Å²) in [7, 11) is 0. The van der Waals surface area contributed by atoms with Crippen molar-refractivity contribution >= 4 is 23.2 Å². The zero-order valence-electron chi connectivity index (χ0n) is 14.3. The number of nitrogens with one attached hydrogen (secondary N) is 2. The third kappa shape index (κ3) is 5.42. The van der Waals surface area contributed by atoms with E-state index in [1.165, 1.54) is 11.3 Å². The van der Waals surface area contributed by atoms with Crippen LogP contribution in [0.4, 0.5) is 0 Å². The molecule has 6 nitrogen and oxygen atoms in total. The summed E-state index contributed by atoms with van der Waals surface area (Å²) in [6, 6.07) is 5.02. The first-order chi connectivity index (χ1) is 11.2. The van der Waals surface area contributed by atoms with Crippen LogP contribution in [0, 0.1) is 0 Å². The van der Waals surface area contributed by atoms with Crippen LogP contribution in [-0.4, -0.2) is 33.4 Å². The van der Waals surface area contributed by atoms with Gasteiger partial charge in [-0.15, -0.1) is 11.3 Å². The van der Waals surface area contributed by atoms with Gasteiger partial charge in [-0.3, -0.25) is 14.6 Å². The van der Waals surface area contributed by atoms with Gasteiger partial charge in [-0.1, -0.05) is 6.07 Å². The lowest BCUT2D eigenvalue weighted by molar-refractivity contribution is -0.129. The summed E-state index contributed by atoms with van der Waals surface area (Å²) in [6.45, 7) is 7.36. The fourth-order valence-corrected chi connectivity index (χ4v) is 2.79. The number of hydrogen-bond donors (Lipinski definition) is 2. The van der Waals surface area contributed by atoms with Crippen molar-refractivity contribution in [1.29, 1.82) is 0 Å². The molecule has 0 bridgehead atoms. The van der Waals surface area contributed by atoms with Crippen LogP contribution in [-0.2, 0) is 16.0 Å². The van der Waals surface area contributed by atoms with Gasteiger partial charge in [-0.25, -0.2) is 4.98 Å². The van der Waals surface area contributed by atoms with Crippen LogP contribution in [0.2, 0.25) is 0 Å². The van der Waals surface area contributed by atoms with Crippen LogP contribution in [0.5, 0.6) is 0 Å². The van der Waals surface area contributed by atoms with Crippen molar-refractivity contribution in [3.63, 3.8) is 0 Å². The molecule has 0 spiro atoms. The Balaban J connectivity index is 1.91. The smallest absolute Gasteiger partial charge is 0.242 e. The average Bonchev–Trinajstić information content (AvgIpc) is 2.94. The normalized spacial score (nSPS) is 12.5. The molecule has 0 saturated heterocycles. The number of rotatable bonds is 5. The fraction of sp³-hybridized carbons (Fsp3) is 0.412. The number of hydrogen-bond acceptors (Lipinski definition) is 5.